The highest BCUT2D eigenvalue weighted by molar-refractivity contribution is 5.77. The molecule has 0 aliphatic rings. The van der Waals surface area contributed by atoms with Gasteiger partial charge in [-0.1, -0.05) is 12.1 Å². The van der Waals surface area contributed by atoms with Gasteiger partial charge in [0.2, 0.25) is 11.1 Å². The molecule has 0 fully saturated rings. The van der Waals surface area contributed by atoms with Gasteiger partial charge >= 0.3 is 0 Å². The zero-order valence-corrected chi connectivity index (χ0v) is 14.0. The van der Waals surface area contributed by atoms with Gasteiger partial charge < -0.3 is 8.83 Å². The van der Waals surface area contributed by atoms with Crippen LogP contribution in [-0.2, 0) is 0 Å². The molecule has 2 heterocycles. The van der Waals surface area contributed by atoms with Crippen molar-refractivity contribution in [2.75, 3.05) is 0 Å². The predicted octanol–water partition coefficient (Wildman–Crippen LogP) is 1.65. The third-order valence-corrected chi connectivity index (χ3v) is 3.99. The molecule has 4 aromatic rings. The molecule has 0 saturated heterocycles. The average Bonchev–Trinajstić information content (AvgIpc) is 3.32. The van der Waals surface area contributed by atoms with Crippen LogP contribution in [0.5, 0.6) is 0 Å². The summed E-state index contributed by atoms with van der Waals surface area (Å²) in [6.45, 7) is 0. The summed E-state index contributed by atoms with van der Waals surface area (Å²) in [5, 5.41) is 37.4. The molecule has 2 aromatic heterocycles. The van der Waals surface area contributed by atoms with Crippen LogP contribution in [0.15, 0.2) is 45.2 Å². The van der Waals surface area contributed by atoms with Gasteiger partial charge in [-0.3, -0.25) is 0 Å². The van der Waals surface area contributed by atoms with E-state index >= 15 is 0 Å². The van der Waals surface area contributed by atoms with Gasteiger partial charge in [-0.05, 0) is 34.7 Å². The second-order valence-electron chi connectivity index (χ2n) is 5.60. The lowest BCUT2D eigenvalue weighted by molar-refractivity contribution is 0.558. The van der Waals surface area contributed by atoms with Crippen molar-refractivity contribution < 1.29 is 8.83 Å². The molecule has 0 unspecified atom stereocenters. The first kappa shape index (κ1) is 16.5. The first-order chi connectivity index (χ1) is 13.7. The van der Waals surface area contributed by atoms with Crippen molar-refractivity contribution in [2.24, 2.45) is 0 Å². The Morgan fingerprint density at radius 3 is 1.39 bits per heavy atom. The van der Waals surface area contributed by atoms with Gasteiger partial charge in [-0.2, -0.15) is 21.0 Å². The van der Waals surface area contributed by atoms with Crippen molar-refractivity contribution in [3.05, 3.63) is 57.9 Å². The van der Waals surface area contributed by atoms with E-state index in [-0.39, 0.29) is 22.2 Å². The average molecular weight is 362 g/mol. The Hall–Kier alpha value is -4.92. The molecule has 0 aliphatic heterocycles. The third-order valence-electron chi connectivity index (χ3n) is 3.99. The van der Waals surface area contributed by atoms with E-state index in [1.165, 1.54) is 0 Å². The molecule has 4 rings (SSSR count). The Morgan fingerprint density at radius 2 is 1.04 bits per heavy atom. The fourth-order valence-electron chi connectivity index (χ4n) is 2.66. The Kier molecular flexibility index (Phi) is 3.80. The number of benzene rings is 2. The highest BCUT2D eigenvalue weighted by Gasteiger charge is 2.07. The monoisotopic (exact) mass is 362 g/mol. The summed E-state index contributed by atoms with van der Waals surface area (Å²) in [7, 11) is 0. The number of aromatic nitrogens is 2. The summed E-state index contributed by atoms with van der Waals surface area (Å²) in [6, 6.07) is 17.5. The van der Waals surface area contributed by atoms with E-state index < -0.39 is 0 Å². The Labute approximate surface area is 156 Å². The minimum absolute atomic E-state index is 0.0245. The van der Waals surface area contributed by atoms with Crippen molar-refractivity contribution >= 4 is 33.3 Å². The van der Waals surface area contributed by atoms with Gasteiger partial charge in [0.1, 0.15) is 35.3 Å². The van der Waals surface area contributed by atoms with Crippen LogP contribution in [-0.4, -0.2) is 9.97 Å². The highest BCUT2D eigenvalue weighted by Crippen LogP contribution is 2.14. The number of fused-ring (bicyclic) bond motifs is 2. The van der Waals surface area contributed by atoms with Gasteiger partial charge in [-0.15, -0.1) is 0 Å². The number of nitrogens with zero attached hydrogens (tertiary/aromatic N) is 6. The lowest BCUT2D eigenvalue weighted by Gasteiger charge is -1.90. The first-order valence-electron chi connectivity index (χ1n) is 7.83. The number of nitriles is 4. The van der Waals surface area contributed by atoms with Crippen LogP contribution in [0.1, 0.15) is 0 Å². The number of hydrogen-bond acceptors (Lipinski definition) is 8. The molecule has 8 nitrogen and oxygen atoms in total. The minimum Gasteiger partial charge on any atom is -0.435 e. The van der Waals surface area contributed by atoms with E-state index in [0.29, 0.717) is 22.2 Å². The van der Waals surface area contributed by atoms with Crippen molar-refractivity contribution in [3.8, 4) is 24.3 Å². The smallest absolute Gasteiger partial charge is 0.249 e. The largest absolute Gasteiger partial charge is 0.435 e. The van der Waals surface area contributed by atoms with E-state index in [0.717, 1.165) is 10.4 Å². The Bertz CT molecular complexity index is 1510. The molecule has 0 amide bonds. The molecule has 0 atom stereocenters. The molecule has 2 aromatic carbocycles. The summed E-state index contributed by atoms with van der Waals surface area (Å²) < 4.78 is 11.0. The molecule has 0 bridgehead atoms. The highest BCUT2D eigenvalue weighted by atomic mass is 16.3. The first-order valence-corrected chi connectivity index (χ1v) is 7.83. The SMILES string of the molecule is N#CC(C#N)=c1nc2cc/c(=c3/ccc4nc(=C(C#N)C#N)oc4c3)cc2o1. The van der Waals surface area contributed by atoms with Gasteiger partial charge in [0.15, 0.2) is 22.3 Å². The number of rotatable bonds is 0. The third kappa shape index (κ3) is 2.61. The van der Waals surface area contributed by atoms with Crippen LogP contribution in [0.4, 0.5) is 0 Å². The summed E-state index contributed by atoms with van der Waals surface area (Å²) in [6.07, 6.45) is 0. The molecule has 0 N–H and O–H groups in total. The molecule has 0 saturated carbocycles. The predicted molar refractivity (Wildman–Crippen MR) is 94.2 cm³/mol. The molecule has 0 radical (unpaired) electrons. The van der Waals surface area contributed by atoms with Crippen molar-refractivity contribution in [1.82, 2.24) is 9.97 Å². The zero-order valence-electron chi connectivity index (χ0n) is 14.0. The van der Waals surface area contributed by atoms with Gasteiger partial charge in [-0.25, -0.2) is 9.97 Å². The number of oxazole rings is 2. The van der Waals surface area contributed by atoms with Crippen LogP contribution in [0.2, 0.25) is 0 Å². The fraction of sp³-hybridized carbons (Fsp3) is 0. The van der Waals surface area contributed by atoms with Crippen molar-refractivity contribution in [1.29, 1.82) is 21.0 Å². The molecule has 128 valence electrons. The summed E-state index contributed by atoms with van der Waals surface area (Å²) in [5.41, 5.74) is 1.45. The van der Waals surface area contributed by atoms with Gasteiger partial charge in [0, 0.05) is 0 Å². The maximum atomic E-state index is 8.95. The van der Waals surface area contributed by atoms with Crippen LogP contribution < -0.4 is 11.1 Å². The van der Waals surface area contributed by atoms with Crippen LogP contribution in [0.3, 0.4) is 0 Å². The maximum Gasteiger partial charge on any atom is 0.249 e. The van der Waals surface area contributed by atoms with Crippen LogP contribution in [0, 0.1) is 55.8 Å². The van der Waals surface area contributed by atoms with Crippen molar-refractivity contribution in [3.63, 3.8) is 0 Å². The molecule has 28 heavy (non-hydrogen) atoms. The van der Waals surface area contributed by atoms with Crippen LogP contribution in [0.25, 0.3) is 33.3 Å². The summed E-state index contributed by atoms with van der Waals surface area (Å²) in [4.78, 5) is 8.28. The number of hydrogen-bond donors (Lipinski definition) is 0. The minimum atomic E-state index is -0.199. The van der Waals surface area contributed by atoms with Crippen molar-refractivity contribution in [2.45, 2.75) is 0 Å². The van der Waals surface area contributed by atoms with E-state index in [4.69, 9.17) is 29.9 Å². The lowest BCUT2D eigenvalue weighted by atomic mass is 10.2. The quantitative estimate of drug-likeness (QED) is 0.458. The second-order valence-corrected chi connectivity index (χ2v) is 5.60. The molecular weight excluding hydrogens is 356 g/mol. The topological polar surface area (TPSA) is 147 Å². The van der Waals surface area contributed by atoms with Gasteiger partial charge in [0.05, 0.1) is 0 Å². The lowest BCUT2D eigenvalue weighted by Crippen LogP contribution is -2.03. The fourth-order valence-corrected chi connectivity index (χ4v) is 2.66. The Morgan fingerprint density at radius 1 is 0.643 bits per heavy atom. The van der Waals surface area contributed by atoms with E-state index in [1.54, 1.807) is 48.5 Å². The zero-order chi connectivity index (χ0) is 19.7. The van der Waals surface area contributed by atoms with E-state index in [2.05, 4.69) is 9.97 Å². The second kappa shape index (κ2) is 6.42. The maximum absolute atomic E-state index is 8.95. The Balaban J connectivity index is 2.02. The summed E-state index contributed by atoms with van der Waals surface area (Å²) >= 11 is 0. The molecule has 0 spiro atoms. The normalized spacial score (nSPS) is 11.3. The van der Waals surface area contributed by atoms with Gasteiger partial charge in [0.25, 0.3) is 0 Å². The molecular formula is C20H6N6O2. The van der Waals surface area contributed by atoms with Crippen LogP contribution >= 0.6 is 0 Å². The molecule has 0 aliphatic carbocycles. The van der Waals surface area contributed by atoms with E-state index in [1.807, 2.05) is 12.1 Å². The standard InChI is InChI=1S/C20H6N6O2/c21-7-13(8-22)19-25-15-3-1-11(5-17(15)27-19)12-2-4-16-18(6-12)28-20(26-16)14(9-23)10-24/h1-6H/b12-11+. The molecule has 8 heteroatoms. The summed E-state index contributed by atoms with van der Waals surface area (Å²) in [5.74, 6) is 0. The van der Waals surface area contributed by atoms with E-state index in [9.17, 15) is 0 Å².